The van der Waals surface area contributed by atoms with Crippen molar-refractivity contribution in [1.82, 2.24) is 5.32 Å². The van der Waals surface area contributed by atoms with Crippen LogP contribution >= 0.6 is 0 Å². The highest BCUT2D eigenvalue weighted by Gasteiger charge is 2.22. The third kappa shape index (κ3) is 3.06. The van der Waals surface area contributed by atoms with Crippen molar-refractivity contribution in [2.45, 2.75) is 38.1 Å². The molecule has 0 bridgehead atoms. The fourth-order valence-electron chi connectivity index (χ4n) is 2.92. The molecular weight excluding hydrogens is 270 g/mol. The second kappa shape index (κ2) is 6.24. The molecule has 114 valence electrons. The van der Waals surface area contributed by atoms with E-state index in [0.29, 0.717) is 36.0 Å². The first kappa shape index (κ1) is 14.0. The van der Waals surface area contributed by atoms with Gasteiger partial charge in [0, 0.05) is 11.6 Å². The summed E-state index contributed by atoms with van der Waals surface area (Å²) in [4.78, 5) is 12.4. The lowest BCUT2D eigenvalue weighted by Gasteiger charge is -2.24. The number of hydrogen-bond donors (Lipinski definition) is 1. The number of nitrogens with one attached hydrogen (secondary N) is 1. The second-order valence-corrected chi connectivity index (χ2v) is 5.51. The molecule has 1 aliphatic heterocycles. The van der Waals surface area contributed by atoms with Crippen LogP contribution in [-0.2, 0) is 0 Å². The summed E-state index contributed by atoms with van der Waals surface area (Å²) in [5.74, 6) is 1.63. The first-order valence-electron chi connectivity index (χ1n) is 7.56. The maximum Gasteiger partial charge on any atom is 0.251 e. The lowest BCUT2D eigenvalue weighted by Crippen LogP contribution is -2.36. The van der Waals surface area contributed by atoms with Crippen molar-refractivity contribution < 1.29 is 19.0 Å². The highest BCUT2D eigenvalue weighted by molar-refractivity contribution is 5.95. The molecule has 3 rings (SSSR count). The van der Waals surface area contributed by atoms with Crippen molar-refractivity contribution in [2.24, 2.45) is 0 Å². The molecule has 0 unspecified atom stereocenters. The smallest absolute Gasteiger partial charge is 0.251 e. The van der Waals surface area contributed by atoms with Crippen molar-refractivity contribution in [3.05, 3.63) is 17.7 Å². The molecule has 2 aliphatic rings. The molecule has 5 heteroatoms. The lowest BCUT2D eigenvalue weighted by atomic mass is 9.95. The Morgan fingerprint density at radius 2 is 1.95 bits per heavy atom. The van der Waals surface area contributed by atoms with Gasteiger partial charge in [0.05, 0.1) is 7.11 Å². The molecule has 0 spiro atoms. The summed E-state index contributed by atoms with van der Waals surface area (Å²) in [6.07, 6.45) is 5.77. The third-order valence-electron chi connectivity index (χ3n) is 4.03. The number of methoxy groups -OCH3 is 1. The summed E-state index contributed by atoms with van der Waals surface area (Å²) in [5, 5.41) is 3.10. The maximum atomic E-state index is 12.4. The van der Waals surface area contributed by atoms with Gasteiger partial charge in [0.15, 0.2) is 11.5 Å². The Bertz CT molecular complexity index is 506. The fraction of sp³-hybridized carbons (Fsp3) is 0.562. The molecule has 1 fully saturated rings. The molecule has 21 heavy (non-hydrogen) atoms. The number of fused-ring (bicyclic) bond motifs is 1. The molecule has 1 aromatic rings. The zero-order chi connectivity index (χ0) is 14.7. The van der Waals surface area contributed by atoms with Crippen molar-refractivity contribution in [3.8, 4) is 17.2 Å². The van der Waals surface area contributed by atoms with Gasteiger partial charge in [-0.15, -0.1) is 0 Å². The van der Waals surface area contributed by atoms with Gasteiger partial charge >= 0.3 is 0 Å². The van der Waals surface area contributed by atoms with Crippen LogP contribution in [0.25, 0.3) is 0 Å². The van der Waals surface area contributed by atoms with Crippen LogP contribution in [0.4, 0.5) is 0 Å². The number of carbonyl (C=O) groups is 1. The van der Waals surface area contributed by atoms with Gasteiger partial charge in [-0.2, -0.15) is 0 Å². The van der Waals surface area contributed by atoms with Gasteiger partial charge in [0.2, 0.25) is 5.75 Å². The zero-order valence-electron chi connectivity index (χ0n) is 12.3. The molecular formula is C16H21NO4. The lowest BCUT2D eigenvalue weighted by molar-refractivity contribution is 0.0925. The molecule has 0 radical (unpaired) electrons. The topological polar surface area (TPSA) is 56.8 Å². The predicted molar refractivity (Wildman–Crippen MR) is 78.3 cm³/mol. The quantitative estimate of drug-likeness (QED) is 0.929. The Morgan fingerprint density at radius 1 is 1.19 bits per heavy atom. The first-order chi connectivity index (χ1) is 10.3. The number of ether oxygens (including phenoxy) is 3. The molecule has 1 N–H and O–H groups in total. The van der Waals surface area contributed by atoms with E-state index in [9.17, 15) is 4.79 Å². The highest BCUT2D eigenvalue weighted by atomic mass is 16.6. The summed E-state index contributed by atoms with van der Waals surface area (Å²) in [7, 11) is 1.57. The van der Waals surface area contributed by atoms with Crippen LogP contribution in [0, 0.1) is 0 Å². The molecule has 1 aromatic carbocycles. The van der Waals surface area contributed by atoms with E-state index >= 15 is 0 Å². The molecule has 1 amide bonds. The Labute approximate surface area is 124 Å². The second-order valence-electron chi connectivity index (χ2n) is 5.51. The van der Waals surface area contributed by atoms with Gasteiger partial charge in [-0.3, -0.25) is 4.79 Å². The highest BCUT2D eigenvalue weighted by Crippen LogP contribution is 2.40. The molecule has 0 aromatic heterocycles. The number of rotatable bonds is 3. The Kier molecular flexibility index (Phi) is 4.18. The van der Waals surface area contributed by atoms with Gasteiger partial charge in [0.25, 0.3) is 5.91 Å². The van der Waals surface area contributed by atoms with Crippen LogP contribution in [-0.4, -0.2) is 32.3 Å². The molecule has 0 saturated heterocycles. The molecule has 5 nitrogen and oxygen atoms in total. The van der Waals surface area contributed by atoms with Crippen LogP contribution in [0.15, 0.2) is 12.1 Å². The minimum atomic E-state index is -0.0721. The van der Waals surface area contributed by atoms with E-state index in [1.165, 1.54) is 19.3 Å². The van der Waals surface area contributed by atoms with Crippen LogP contribution in [0.5, 0.6) is 17.2 Å². The summed E-state index contributed by atoms with van der Waals surface area (Å²) in [5.41, 5.74) is 0.557. The van der Waals surface area contributed by atoms with Gasteiger partial charge in [0.1, 0.15) is 13.2 Å². The number of benzene rings is 1. The average molecular weight is 291 g/mol. The van der Waals surface area contributed by atoms with Crippen LogP contribution in [0.3, 0.4) is 0 Å². The third-order valence-corrected chi connectivity index (χ3v) is 4.03. The summed E-state index contributed by atoms with van der Waals surface area (Å²) in [6, 6.07) is 3.73. The Hall–Kier alpha value is -1.91. The van der Waals surface area contributed by atoms with Crippen LogP contribution < -0.4 is 19.5 Å². The number of carbonyl (C=O) groups excluding carboxylic acids is 1. The van der Waals surface area contributed by atoms with Gasteiger partial charge in [-0.05, 0) is 25.0 Å². The van der Waals surface area contributed by atoms with E-state index in [0.717, 1.165) is 12.8 Å². The van der Waals surface area contributed by atoms with E-state index < -0.39 is 0 Å². The van der Waals surface area contributed by atoms with Gasteiger partial charge < -0.3 is 19.5 Å². The molecule has 0 atom stereocenters. The maximum absolute atomic E-state index is 12.4. The predicted octanol–water partition coefficient (Wildman–Crippen LogP) is 2.53. The number of hydrogen-bond acceptors (Lipinski definition) is 4. The van der Waals surface area contributed by atoms with E-state index in [2.05, 4.69) is 5.32 Å². The number of amides is 1. The summed E-state index contributed by atoms with van der Waals surface area (Å²) >= 11 is 0. The van der Waals surface area contributed by atoms with E-state index in [1.54, 1.807) is 19.2 Å². The monoisotopic (exact) mass is 291 g/mol. The van der Waals surface area contributed by atoms with E-state index in [-0.39, 0.29) is 11.9 Å². The van der Waals surface area contributed by atoms with Gasteiger partial charge in [-0.1, -0.05) is 19.3 Å². The summed E-state index contributed by atoms with van der Waals surface area (Å²) in [6.45, 7) is 0.987. The van der Waals surface area contributed by atoms with Gasteiger partial charge in [-0.25, -0.2) is 0 Å². The fourth-order valence-corrected chi connectivity index (χ4v) is 2.92. The molecule has 1 aliphatic carbocycles. The Morgan fingerprint density at radius 3 is 2.71 bits per heavy atom. The minimum absolute atomic E-state index is 0.0721. The van der Waals surface area contributed by atoms with E-state index in [1.807, 2.05) is 0 Å². The van der Waals surface area contributed by atoms with Crippen LogP contribution in [0.2, 0.25) is 0 Å². The molecule has 1 saturated carbocycles. The van der Waals surface area contributed by atoms with Crippen LogP contribution in [0.1, 0.15) is 42.5 Å². The van der Waals surface area contributed by atoms with Crippen molar-refractivity contribution >= 4 is 5.91 Å². The van der Waals surface area contributed by atoms with Crippen molar-refractivity contribution in [3.63, 3.8) is 0 Å². The minimum Gasteiger partial charge on any atom is -0.493 e. The largest absolute Gasteiger partial charge is 0.493 e. The first-order valence-corrected chi connectivity index (χ1v) is 7.56. The zero-order valence-corrected chi connectivity index (χ0v) is 12.3. The average Bonchev–Trinajstić information content (AvgIpc) is 2.54. The standard InChI is InChI=1S/C16H21NO4/c1-19-13-9-11(10-14-15(13)21-8-7-20-14)16(18)17-12-5-3-2-4-6-12/h9-10,12H,2-8H2,1H3,(H,17,18). The molecule has 1 heterocycles. The van der Waals surface area contributed by atoms with Crippen molar-refractivity contribution in [1.29, 1.82) is 0 Å². The SMILES string of the molecule is COc1cc(C(=O)NC2CCCCC2)cc2c1OCCO2. The summed E-state index contributed by atoms with van der Waals surface area (Å²) < 4.78 is 16.4. The van der Waals surface area contributed by atoms with Crippen molar-refractivity contribution in [2.75, 3.05) is 20.3 Å². The normalized spacial score (nSPS) is 18.1. The van der Waals surface area contributed by atoms with E-state index in [4.69, 9.17) is 14.2 Å². The Balaban J connectivity index is 1.79.